The van der Waals surface area contributed by atoms with E-state index in [0.29, 0.717) is 10.9 Å². The second-order valence-corrected chi connectivity index (χ2v) is 7.65. The van der Waals surface area contributed by atoms with Gasteiger partial charge in [-0.15, -0.1) is 11.8 Å². The Morgan fingerprint density at radius 2 is 1.85 bits per heavy atom. The van der Waals surface area contributed by atoms with Crippen LogP contribution in [0.25, 0.3) is 0 Å². The normalized spacial score (nSPS) is 28.5. The van der Waals surface area contributed by atoms with Gasteiger partial charge in [0.05, 0.1) is 6.10 Å². The van der Waals surface area contributed by atoms with E-state index < -0.39 is 35.7 Å². The Kier molecular flexibility index (Phi) is 7.49. The molecule has 26 heavy (non-hydrogen) atoms. The summed E-state index contributed by atoms with van der Waals surface area (Å²) in [5, 5.41) is 0.378. The quantitative estimate of drug-likeness (QED) is 0.501. The zero-order valence-corrected chi connectivity index (χ0v) is 17.4. The molecule has 0 unspecified atom stereocenters. The minimum absolute atomic E-state index is 0.291. The van der Waals surface area contributed by atoms with Crippen LogP contribution < -0.4 is 0 Å². The molecule has 0 saturated carbocycles. The number of ether oxygens (including phenoxy) is 3. The smallest absolute Gasteiger partial charge is 0.303 e. The number of benzene rings is 1. The zero-order chi connectivity index (χ0) is 19.4. The van der Waals surface area contributed by atoms with Gasteiger partial charge in [0.2, 0.25) is 0 Å². The van der Waals surface area contributed by atoms with Crippen LogP contribution in [0.5, 0.6) is 0 Å². The van der Waals surface area contributed by atoms with E-state index >= 15 is 0 Å². The number of hydrogen-bond donors (Lipinski definition) is 0. The molecule has 0 aliphatic carbocycles. The number of thioether (sulfide) groups is 1. The summed E-state index contributed by atoms with van der Waals surface area (Å²) < 4.78 is 30.9. The molecule has 1 aliphatic heterocycles. The molecule has 2 rings (SSSR count). The fourth-order valence-electron chi connectivity index (χ4n) is 3.10. The van der Waals surface area contributed by atoms with Crippen molar-refractivity contribution in [2.75, 3.05) is 6.26 Å². The third kappa shape index (κ3) is 4.78. The van der Waals surface area contributed by atoms with E-state index in [2.05, 4.69) is 15.9 Å². The lowest BCUT2D eigenvalue weighted by Gasteiger charge is -2.44. The predicted molar refractivity (Wildman–Crippen MR) is 100 cm³/mol. The number of alkyl halides is 1. The Labute approximate surface area is 165 Å². The van der Waals surface area contributed by atoms with Gasteiger partial charge in [-0.25, -0.2) is 4.39 Å². The summed E-state index contributed by atoms with van der Waals surface area (Å²) in [4.78, 5) is 23.1. The highest BCUT2D eigenvalue weighted by atomic mass is 79.9. The molecule has 0 bridgehead atoms. The highest BCUT2D eigenvalue weighted by Crippen LogP contribution is 2.42. The van der Waals surface area contributed by atoms with Crippen molar-refractivity contribution in [1.82, 2.24) is 0 Å². The van der Waals surface area contributed by atoms with Crippen LogP contribution in [0.15, 0.2) is 18.2 Å². The van der Waals surface area contributed by atoms with E-state index in [-0.39, 0.29) is 11.7 Å². The van der Waals surface area contributed by atoms with Crippen LogP contribution >= 0.6 is 27.7 Å². The molecule has 1 saturated heterocycles. The highest BCUT2D eigenvalue weighted by Gasteiger charge is 2.48. The highest BCUT2D eigenvalue weighted by molar-refractivity contribution is 9.08. The van der Waals surface area contributed by atoms with Gasteiger partial charge < -0.3 is 14.2 Å². The van der Waals surface area contributed by atoms with Crippen molar-refractivity contribution in [1.29, 1.82) is 0 Å². The number of carbonyl (C=O) groups is 2. The van der Waals surface area contributed by atoms with E-state index in [1.54, 1.807) is 12.1 Å². The predicted octanol–water partition coefficient (Wildman–Crippen LogP) is 3.98. The molecular weight excluding hydrogens is 427 g/mol. The van der Waals surface area contributed by atoms with E-state index in [1.807, 2.05) is 13.2 Å². The third-order valence-electron chi connectivity index (χ3n) is 4.25. The zero-order valence-electron chi connectivity index (χ0n) is 15.0. The minimum Gasteiger partial charge on any atom is -0.458 e. The van der Waals surface area contributed by atoms with E-state index in [9.17, 15) is 14.0 Å². The molecule has 0 N–H and O–H groups in total. The first kappa shape index (κ1) is 21.2. The van der Waals surface area contributed by atoms with Gasteiger partial charge in [-0.2, -0.15) is 0 Å². The number of carbonyl (C=O) groups excluding carboxylic acids is 2. The summed E-state index contributed by atoms with van der Waals surface area (Å²) in [5.74, 6) is -1.52. The third-order valence-corrected chi connectivity index (χ3v) is 5.70. The Morgan fingerprint density at radius 1 is 1.23 bits per heavy atom. The molecule has 1 aromatic carbocycles. The van der Waals surface area contributed by atoms with Gasteiger partial charge in [-0.3, -0.25) is 9.59 Å². The maximum atomic E-state index is 13.8. The average molecular weight is 449 g/mol. The van der Waals surface area contributed by atoms with E-state index in [0.717, 1.165) is 5.56 Å². The molecule has 5 nitrogen and oxygen atoms in total. The standard InChI is InChI=1S/C18H22BrFO5S/c1-9-15(12-5-6-14(20)13(7-12)8-19)25-18(26-4)17(24-11(3)22)16(9)23-10(2)21/h5-7,9,15-18H,8H2,1-4H3/t9-,15+,16+,17-,18+/m0/s1. The molecule has 0 spiro atoms. The monoisotopic (exact) mass is 448 g/mol. The summed E-state index contributed by atoms with van der Waals surface area (Å²) in [6, 6.07) is 4.80. The fraction of sp³-hybridized carbons (Fsp3) is 0.556. The van der Waals surface area contributed by atoms with Crippen molar-refractivity contribution in [3.63, 3.8) is 0 Å². The molecule has 1 aliphatic rings. The lowest BCUT2D eigenvalue weighted by atomic mass is 9.86. The summed E-state index contributed by atoms with van der Waals surface area (Å²) in [6.45, 7) is 4.49. The summed E-state index contributed by atoms with van der Waals surface area (Å²) in [5.41, 5.74) is 0.790. The van der Waals surface area contributed by atoms with Crippen molar-refractivity contribution in [2.24, 2.45) is 5.92 Å². The summed E-state index contributed by atoms with van der Waals surface area (Å²) >= 11 is 4.64. The molecule has 8 heteroatoms. The minimum atomic E-state index is -0.714. The van der Waals surface area contributed by atoms with Gasteiger partial charge in [-0.05, 0) is 29.5 Å². The molecule has 0 amide bonds. The fourth-order valence-corrected chi connectivity index (χ4v) is 4.24. The summed E-state index contributed by atoms with van der Waals surface area (Å²) in [7, 11) is 0. The molecule has 0 aromatic heterocycles. The van der Waals surface area contributed by atoms with Crippen molar-refractivity contribution < 1.29 is 28.2 Å². The Hall–Kier alpha value is -1.12. The van der Waals surface area contributed by atoms with Gasteiger partial charge in [0, 0.05) is 25.1 Å². The number of esters is 2. The van der Waals surface area contributed by atoms with E-state index in [1.165, 1.54) is 31.7 Å². The van der Waals surface area contributed by atoms with Gasteiger partial charge >= 0.3 is 11.9 Å². The second kappa shape index (κ2) is 9.19. The van der Waals surface area contributed by atoms with Crippen molar-refractivity contribution in [3.05, 3.63) is 35.1 Å². The Bertz CT molecular complexity index is 671. The molecule has 1 aromatic rings. The van der Waals surface area contributed by atoms with Crippen LogP contribution in [0.2, 0.25) is 0 Å². The van der Waals surface area contributed by atoms with Gasteiger partial charge in [0.15, 0.2) is 6.10 Å². The van der Waals surface area contributed by atoms with Crippen LogP contribution in [0.3, 0.4) is 0 Å². The maximum absolute atomic E-state index is 13.8. The molecule has 144 valence electrons. The molecule has 1 heterocycles. The molecule has 5 atom stereocenters. The molecule has 0 radical (unpaired) electrons. The largest absolute Gasteiger partial charge is 0.458 e. The van der Waals surface area contributed by atoms with Crippen LogP contribution in [-0.4, -0.2) is 35.8 Å². The van der Waals surface area contributed by atoms with Gasteiger partial charge in [0.25, 0.3) is 0 Å². The van der Waals surface area contributed by atoms with Crippen molar-refractivity contribution >= 4 is 39.6 Å². The van der Waals surface area contributed by atoms with Crippen molar-refractivity contribution in [2.45, 2.75) is 49.8 Å². The van der Waals surface area contributed by atoms with Crippen LogP contribution in [0, 0.1) is 11.7 Å². The van der Waals surface area contributed by atoms with Gasteiger partial charge in [0.1, 0.15) is 17.4 Å². The Balaban J connectivity index is 2.40. The maximum Gasteiger partial charge on any atom is 0.303 e. The van der Waals surface area contributed by atoms with Crippen LogP contribution in [0.1, 0.15) is 38.0 Å². The van der Waals surface area contributed by atoms with E-state index in [4.69, 9.17) is 14.2 Å². The number of rotatable bonds is 5. The Morgan fingerprint density at radius 3 is 2.38 bits per heavy atom. The lowest BCUT2D eigenvalue weighted by molar-refractivity contribution is -0.208. The lowest BCUT2D eigenvalue weighted by Crippen LogP contribution is -2.52. The second-order valence-electron chi connectivity index (χ2n) is 6.15. The van der Waals surface area contributed by atoms with Crippen LogP contribution in [0.4, 0.5) is 4.39 Å². The van der Waals surface area contributed by atoms with Crippen LogP contribution in [-0.2, 0) is 29.1 Å². The average Bonchev–Trinajstić information content (AvgIpc) is 2.58. The first-order valence-corrected chi connectivity index (χ1v) is 10.6. The first-order valence-electron chi connectivity index (χ1n) is 8.15. The van der Waals surface area contributed by atoms with Gasteiger partial charge in [-0.1, -0.05) is 28.9 Å². The number of halogens is 2. The molecular formula is C18H22BrFO5S. The van der Waals surface area contributed by atoms with Crippen molar-refractivity contribution in [3.8, 4) is 0 Å². The molecule has 1 fully saturated rings. The SMILES string of the molecule is CS[C@H]1O[C@@H](c2ccc(F)c(CBr)c2)[C@H](C)[C@@H](OC(C)=O)[C@@H]1OC(C)=O. The number of hydrogen-bond acceptors (Lipinski definition) is 6. The topological polar surface area (TPSA) is 61.8 Å². The first-order chi connectivity index (χ1) is 12.3. The summed E-state index contributed by atoms with van der Waals surface area (Å²) in [6.07, 6.45) is 0.0222.